The van der Waals surface area contributed by atoms with Crippen molar-refractivity contribution in [3.8, 4) is 0 Å². The highest BCUT2D eigenvalue weighted by Crippen LogP contribution is 2.24. The highest BCUT2D eigenvalue weighted by atomic mass is 19.1. The Morgan fingerprint density at radius 2 is 1.94 bits per heavy atom. The van der Waals surface area contributed by atoms with E-state index in [4.69, 9.17) is 5.73 Å². The summed E-state index contributed by atoms with van der Waals surface area (Å²) in [5.41, 5.74) is 6.89. The van der Waals surface area contributed by atoms with Gasteiger partial charge in [0.2, 0.25) is 0 Å². The normalized spacial score (nSPS) is 24.1. The van der Waals surface area contributed by atoms with Crippen molar-refractivity contribution in [2.75, 3.05) is 13.1 Å². The fourth-order valence-corrected chi connectivity index (χ4v) is 2.14. The Balaban J connectivity index is 1.59. The summed E-state index contributed by atoms with van der Waals surface area (Å²) in [6.45, 7) is 2.02. The first kappa shape index (κ1) is 11.6. The molecule has 1 saturated carbocycles. The summed E-state index contributed by atoms with van der Waals surface area (Å²) in [7, 11) is 0. The van der Waals surface area contributed by atoms with E-state index < -0.39 is 0 Å². The molecular weight excluding hydrogens is 203 g/mol. The maximum Gasteiger partial charge on any atom is 0.123 e. The van der Waals surface area contributed by atoms with E-state index in [9.17, 15) is 4.39 Å². The third-order valence-corrected chi connectivity index (χ3v) is 3.21. The van der Waals surface area contributed by atoms with Gasteiger partial charge in [-0.15, -0.1) is 0 Å². The number of halogens is 1. The number of rotatable bonds is 5. The SMILES string of the molecule is NC1CC(CNCCc2ccc(F)cc2)C1. The Hall–Kier alpha value is -0.930. The van der Waals surface area contributed by atoms with Crippen LogP contribution in [0.2, 0.25) is 0 Å². The van der Waals surface area contributed by atoms with Crippen LogP contribution >= 0.6 is 0 Å². The van der Waals surface area contributed by atoms with Crippen molar-refractivity contribution in [1.29, 1.82) is 0 Å². The minimum absolute atomic E-state index is 0.167. The van der Waals surface area contributed by atoms with Crippen LogP contribution in [0.1, 0.15) is 18.4 Å². The summed E-state index contributed by atoms with van der Waals surface area (Å²) in [5.74, 6) is 0.600. The number of benzene rings is 1. The van der Waals surface area contributed by atoms with Gasteiger partial charge in [-0.25, -0.2) is 4.39 Å². The fraction of sp³-hybridized carbons (Fsp3) is 0.538. The second-order valence-corrected chi connectivity index (χ2v) is 4.68. The van der Waals surface area contributed by atoms with E-state index in [0.29, 0.717) is 6.04 Å². The van der Waals surface area contributed by atoms with E-state index in [1.54, 1.807) is 0 Å². The number of nitrogens with one attached hydrogen (secondary N) is 1. The van der Waals surface area contributed by atoms with E-state index in [1.165, 1.54) is 17.7 Å². The fourth-order valence-electron chi connectivity index (χ4n) is 2.14. The molecule has 0 aromatic heterocycles. The first-order valence-electron chi connectivity index (χ1n) is 5.95. The van der Waals surface area contributed by atoms with Gasteiger partial charge in [-0.1, -0.05) is 12.1 Å². The standard InChI is InChI=1S/C13H19FN2/c14-12-3-1-10(2-4-12)5-6-16-9-11-7-13(15)8-11/h1-4,11,13,16H,5-9,15H2. The Bertz CT molecular complexity index is 317. The molecule has 0 bridgehead atoms. The van der Waals surface area contributed by atoms with E-state index in [0.717, 1.165) is 38.3 Å². The molecule has 0 unspecified atom stereocenters. The van der Waals surface area contributed by atoms with Gasteiger partial charge in [0, 0.05) is 6.04 Å². The van der Waals surface area contributed by atoms with Gasteiger partial charge in [-0.05, 0) is 56.0 Å². The molecule has 0 saturated heterocycles. The molecule has 0 radical (unpaired) electrons. The van der Waals surface area contributed by atoms with Crippen molar-refractivity contribution in [2.24, 2.45) is 11.7 Å². The lowest BCUT2D eigenvalue weighted by Crippen LogP contribution is -2.41. The molecule has 0 amide bonds. The second kappa shape index (κ2) is 5.41. The molecule has 88 valence electrons. The van der Waals surface area contributed by atoms with E-state index in [-0.39, 0.29) is 5.82 Å². The minimum Gasteiger partial charge on any atom is -0.328 e. The predicted octanol–water partition coefficient (Wildman–Crippen LogP) is 1.70. The first-order chi connectivity index (χ1) is 7.74. The van der Waals surface area contributed by atoms with Crippen LogP contribution in [0.5, 0.6) is 0 Å². The van der Waals surface area contributed by atoms with Crippen LogP contribution < -0.4 is 11.1 Å². The Labute approximate surface area is 96.0 Å². The summed E-state index contributed by atoms with van der Waals surface area (Å²) in [6.07, 6.45) is 3.27. The molecule has 0 atom stereocenters. The third kappa shape index (κ3) is 3.29. The molecule has 3 N–H and O–H groups in total. The van der Waals surface area contributed by atoms with Gasteiger partial charge in [-0.3, -0.25) is 0 Å². The topological polar surface area (TPSA) is 38.0 Å². The van der Waals surface area contributed by atoms with Gasteiger partial charge in [0.25, 0.3) is 0 Å². The van der Waals surface area contributed by atoms with Crippen LogP contribution in [-0.4, -0.2) is 19.1 Å². The molecule has 0 spiro atoms. The molecule has 3 heteroatoms. The first-order valence-corrected chi connectivity index (χ1v) is 5.95. The van der Waals surface area contributed by atoms with E-state index in [1.807, 2.05) is 12.1 Å². The molecular formula is C13H19FN2. The second-order valence-electron chi connectivity index (χ2n) is 4.68. The molecule has 16 heavy (non-hydrogen) atoms. The maximum atomic E-state index is 12.6. The van der Waals surface area contributed by atoms with Crippen molar-refractivity contribution in [3.05, 3.63) is 35.6 Å². The van der Waals surface area contributed by atoms with Crippen LogP contribution in [-0.2, 0) is 6.42 Å². The smallest absolute Gasteiger partial charge is 0.123 e. The number of hydrogen-bond acceptors (Lipinski definition) is 2. The zero-order valence-corrected chi connectivity index (χ0v) is 9.45. The monoisotopic (exact) mass is 222 g/mol. The molecule has 0 aliphatic heterocycles. The van der Waals surface area contributed by atoms with Gasteiger partial charge >= 0.3 is 0 Å². The highest BCUT2D eigenvalue weighted by molar-refractivity contribution is 5.16. The van der Waals surface area contributed by atoms with Crippen molar-refractivity contribution < 1.29 is 4.39 Å². The molecule has 1 fully saturated rings. The quantitative estimate of drug-likeness (QED) is 0.744. The Kier molecular flexibility index (Phi) is 3.91. The summed E-state index contributed by atoms with van der Waals surface area (Å²) in [5, 5.41) is 3.42. The molecule has 2 nitrogen and oxygen atoms in total. The summed E-state index contributed by atoms with van der Waals surface area (Å²) < 4.78 is 12.6. The average molecular weight is 222 g/mol. The molecule has 2 rings (SSSR count). The van der Waals surface area contributed by atoms with E-state index in [2.05, 4.69) is 5.32 Å². The number of hydrogen-bond donors (Lipinski definition) is 2. The molecule has 1 aromatic carbocycles. The van der Waals surface area contributed by atoms with Crippen molar-refractivity contribution in [2.45, 2.75) is 25.3 Å². The van der Waals surface area contributed by atoms with Crippen LogP contribution in [0.4, 0.5) is 4.39 Å². The molecule has 1 aliphatic carbocycles. The lowest BCUT2D eigenvalue weighted by molar-refractivity contribution is 0.257. The average Bonchev–Trinajstić information content (AvgIpc) is 2.24. The molecule has 0 heterocycles. The van der Waals surface area contributed by atoms with Crippen molar-refractivity contribution in [3.63, 3.8) is 0 Å². The predicted molar refractivity (Wildman–Crippen MR) is 63.7 cm³/mol. The van der Waals surface area contributed by atoms with Gasteiger partial charge in [0.05, 0.1) is 0 Å². The van der Waals surface area contributed by atoms with Crippen molar-refractivity contribution >= 4 is 0 Å². The highest BCUT2D eigenvalue weighted by Gasteiger charge is 2.24. The van der Waals surface area contributed by atoms with Gasteiger partial charge in [-0.2, -0.15) is 0 Å². The third-order valence-electron chi connectivity index (χ3n) is 3.21. The minimum atomic E-state index is -0.167. The molecule has 1 aliphatic rings. The van der Waals surface area contributed by atoms with Crippen LogP contribution in [0.15, 0.2) is 24.3 Å². The summed E-state index contributed by atoms with van der Waals surface area (Å²) >= 11 is 0. The van der Waals surface area contributed by atoms with Crippen LogP contribution in [0.3, 0.4) is 0 Å². The molecule has 1 aromatic rings. The lowest BCUT2D eigenvalue weighted by Gasteiger charge is -2.32. The summed E-state index contributed by atoms with van der Waals surface area (Å²) in [4.78, 5) is 0. The largest absolute Gasteiger partial charge is 0.328 e. The lowest BCUT2D eigenvalue weighted by atomic mass is 9.81. The summed E-state index contributed by atoms with van der Waals surface area (Å²) in [6, 6.07) is 7.15. The Morgan fingerprint density at radius 3 is 2.56 bits per heavy atom. The zero-order chi connectivity index (χ0) is 11.4. The van der Waals surface area contributed by atoms with Gasteiger partial charge < -0.3 is 11.1 Å². The van der Waals surface area contributed by atoms with Crippen molar-refractivity contribution in [1.82, 2.24) is 5.32 Å². The van der Waals surface area contributed by atoms with Gasteiger partial charge in [0.1, 0.15) is 5.82 Å². The van der Waals surface area contributed by atoms with Crippen LogP contribution in [0.25, 0.3) is 0 Å². The Morgan fingerprint density at radius 1 is 1.25 bits per heavy atom. The van der Waals surface area contributed by atoms with E-state index >= 15 is 0 Å². The zero-order valence-electron chi connectivity index (χ0n) is 9.45. The van der Waals surface area contributed by atoms with Crippen LogP contribution in [0, 0.1) is 11.7 Å². The van der Waals surface area contributed by atoms with Gasteiger partial charge in [0.15, 0.2) is 0 Å². The number of nitrogens with two attached hydrogens (primary N) is 1. The maximum absolute atomic E-state index is 12.6.